The smallest absolute Gasteiger partial charge is 0.270 e. The molecule has 1 aliphatic heterocycles. The largest absolute Gasteiger partial charge is 0.483 e. The van der Waals surface area contributed by atoms with Crippen LogP contribution in [-0.4, -0.2) is 29.4 Å². The second-order valence-electron chi connectivity index (χ2n) is 7.68. The summed E-state index contributed by atoms with van der Waals surface area (Å²) >= 11 is 11.4. The van der Waals surface area contributed by atoms with E-state index in [-0.39, 0.29) is 28.9 Å². The van der Waals surface area contributed by atoms with Gasteiger partial charge in [0.15, 0.2) is 11.7 Å². The van der Waals surface area contributed by atoms with Gasteiger partial charge in [0.2, 0.25) is 0 Å². The van der Waals surface area contributed by atoms with Gasteiger partial charge in [-0.2, -0.15) is 0 Å². The standard InChI is InChI=1S/C26H20ClN3O4S/c1-16-6-5-7-19(12-16)28-23(31)15-34-22-11-10-18(27)13-17(22)14-21-24(32)29-26(35)30(25(21)33)20-8-3-2-4-9-20/h2-14H,15H2,1H3,(H,28,31)(H,29,32,35)/b21-14-. The van der Waals surface area contributed by atoms with E-state index in [2.05, 4.69) is 10.6 Å². The molecule has 2 N–H and O–H groups in total. The van der Waals surface area contributed by atoms with Crippen LogP contribution in [0.1, 0.15) is 11.1 Å². The van der Waals surface area contributed by atoms with E-state index in [1.54, 1.807) is 54.6 Å². The van der Waals surface area contributed by atoms with Crippen LogP contribution in [0.3, 0.4) is 0 Å². The Bertz CT molecular complexity index is 1360. The number of carbonyl (C=O) groups excluding carboxylic acids is 3. The Kier molecular flexibility index (Phi) is 7.24. The number of halogens is 1. The van der Waals surface area contributed by atoms with Crippen LogP contribution in [0.2, 0.25) is 5.02 Å². The van der Waals surface area contributed by atoms with Gasteiger partial charge in [-0.1, -0.05) is 41.9 Å². The second kappa shape index (κ2) is 10.5. The van der Waals surface area contributed by atoms with Gasteiger partial charge in [-0.3, -0.25) is 24.6 Å². The summed E-state index contributed by atoms with van der Waals surface area (Å²) in [6.45, 7) is 1.64. The van der Waals surface area contributed by atoms with Gasteiger partial charge in [-0.15, -0.1) is 0 Å². The maximum absolute atomic E-state index is 13.2. The fourth-order valence-electron chi connectivity index (χ4n) is 3.45. The fourth-order valence-corrected chi connectivity index (χ4v) is 3.91. The van der Waals surface area contributed by atoms with Crippen LogP contribution < -0.4 is 20.3 Å². The van der Waals surface area contributed by atoms with E-state index in [9.17, 15) is 14.4 Å². The number of para-hydroxylation sites is 1. The van der Waals surface area contributed by atoms with Gasteiger partial charge in [0.05, 0.1) is 5.69 Å². The number of carbonyl (C=O) groups is 3. The van der Waals surface area contributed by atoms with Crippen LogP contribution >= 0.6 is 23.8 Å². The Hall–Kier alpha value is -4.01. The van der Waals surface area contributed by atoms with Gasteiger partial charge in [0, 0.05) is 16.3 Å². The number of hydrogen-bond acceptors (Lipinski definition) is 5. The molecule has 1 saturated heterocycles. The maximum atomic E-state index is 13.2. The molecular formula is C26H20ClN3O4S. The van der Waals surface area contributed by atoms with Gasteiger partial charge in [-0.05, 0) is 73.2 Å². The van der Waals surface area contributed by atoms with Crippen LogP contribution in [0.15, 0.2) is 78.4 Å². The number of aryl methyl sites for hydroxylation is 1. The lowest BCUT2D eigenvalue weighted by atomic mass is 10.1. The Balaban J connectivity index is 1.57. The monoisotopic (exact) mass is 505 g/mol. The molecule has 35 heavy (non-hydrogen) atoms. The van der Waals surface area contributed by atoms with Crippen LogP contribution in [0.4, 0.5) is 11.4 Å². The number of thiocarbonyl (C=S) groups is 1. The normalized spacial score (nSPS) is 14.6. The summed E-state index contributed by atoms with van der Waals surface area (Å²) in [6, 6.07) is 20.8. The zero-order valence-electron chi connectivity index (χ0n) is 18.6. The number of nitrogens with one attached hydrogen (secondary N) is 2. The van der Waals surface area contributed by atoms with E-state index in [0.29, 0.717) is 22.0 Å². The van der Waals surface area contributed by atoms with Crippen molar-refractivity contribution in [2.45, 2.75) is 6.92 Å². The molecule has 1 heterocycles. The third-order valence-electron chi connectivity index (χ3n) is 5.05. The molecule has 0 aliphatic carbocycles. The predicted molar refractivity (Wildman–Crippen MR) is 139 cm³/mol. The molecule has 7 nitrogen and oxygen atoms in total. The van der Waals surface area contributed by atoms with E-state index in [1.165, 1.54) is 11.0 Å². The van der Waals surface area contributed by atoms with Crippen molar-refractivity contribution in [3.63, 3.8) is 0 Å². The number of ether oxygens (including phenoxy) is 1. The summed E-state index contributed by atoms with van der Waals surface area (Å²) in [5.41, 5.74) is 2.39. The fraction of sp³-hybridized carbons (Fsp3) is 0.0769. The topological polar surface area (TPSA) is 87.7 Å². The molecule has 1 aliphatic rings. The molecule has 0 bridgehead atoms. The quantitative estimate of drug-likeness (QED) is 0.292. The van der Waals surface area contributed by atoms with Crippen LogP contribution in [0, 0.1) is 6.92 Å². The van der Waals surface area contributed by atoms with E-state index >= 15 is 0 Å². The third-order valence-corrected chi connectivity index (χ3v) is 5.57. The number of rotatable bonds is 6. The van der Waals surface area contributed by atoms with Crippen molar-refractivity contribution in [3.8, 4) is 5.75 Å². The molecule has 3 aromatic rings. The van der Waals surface area contributed by atoms with Crippen molar-refractivity contribution >= 4 is 64.1 Å². The molecule has 3 amide bonds. The van der Waals surface area contributed by atoms with Gasteiger partial charge in [0.1, 0.15) is 11.3 Å². The molecule has 0 saturated carbocycles. The zero-order valence-corrected chi connectivity index (χ0v) is 20.2. The minimum Gasteiger partial charge on any atom is -0.483 e. The summed E-state index contributed by atoms with van der Waals surface area (Å²) < 4.78 is 5.70. The first-order chi connectivity index (χ1) is 16.8. The van der Waals surface area contributed by atoms with Crippen LogP contribution in [0.25, 0.3) is 6.08 Å². The van der Waals surface area contributed by atoms with Gasteiger partial charge >= 0.3 is 0 Å². The molecule has 0 aromatic heterocycles. The molecule has 0 spiro atoms. The molecule has 0 atom stereocenters. The molecular weight excluding hydrogens is 486 g/mol. The van der Waals surface area contributed by atoms with Crippen molar-refractivity contribution in [1.29, 1.82) is 0 Å². The highest BCUT2D eigenvalue weighted by molar-refractivity contribution is 7.80. The van der Waals surface area contributed by atoms with Gasteiger partial charge in [0.25, 0.3) is 17.7 Å². The minimum atomic E-state index is -0.643. The Morgan fingerprint density at radius 1 is 1.09 bits per heavy atom. The Labute approximate surface area is 212 Å². The number of amides is 3. The highest BCUT2D eigenvalue weighted by Crippen LogP contribution is 2.28. The zero-order chi connectivity index (χ0) is 24.9. The number of hydrogen-bond donors (Lipinski definition) is 2. The summed E-state index contributed by atoms with van der Waals surface area (Å²) in [5, 5.41) is 5.65. The lowest BCUT2D eigenvalue weighted by molar-refractivity contribution is -0.122. The average molecular weight is 506 g/mol. The van der Waals surface area contributed by atoms with Crippen molar-refractivity contribution in [3.05, 3.63) is 94.5 Å². The summed E-state index contributed by atoms with van der Waals surface area (Å²) in [6.07, 6.45) is 1.37. The van der Waals surface area contributed by atoms with Crippen LogP contribution in [-0.2, 0) is 14.4 Å². The summed E-state index contributed by atoms with van der Waals surface area (Å²) in [4.78, 5) is 39.5. The van der Waals surface area contributed by atoms with E-state index in [0.717, 1.165) is 5.56 Å². The van der Waals surface area contributed by atoms with Crippen molar-refractivity contribution in [2.24, 2.45) is 0 Å². The molecule has 0 unspecified atom stereocenters. The molecule has 176 valence electrons. The highest BCUT2D eigenvalue weighted by Gasteiger charge is 2.34. The molecule has 1 fully saturated rings. The Morgan fingerprint density at radius 2 is 1.86 bits per heavy atom. The first-order valence-electron chi connectivity index (χ1n) is 10.6. The minimum absolute atomic E-state index is 0.0151. The lowest BCUT2D eigenvalue weighted by Gasteiger charge is -2.29. The van der Waals surface area contributed by atoms with E-state index in [1.807, 2.05) is 25.1 Å². The van der Waals surface area contributed by atoms with E-state index < -0.39 is 11.8 Å². The van der Waals surface area contributed by atoms with Crippen molar-refractivity contribution in [1.82, 2.24) is 5.32 Å². The SMILES string of the molecule is Cc1cccc(NC(=O)COc2ccc(Cl)cc2/C=C2/C(=O)NC(=S)N(c3ccccc3)C2=O)c1. The van der Waals surface area contributed by atoms with Gasteiger partial charge < -0.3 is 10.1 Å². The van der Waals surface area contributed by atoms with E-state index in [4.69, 9.17) is 28.6 Å². The second-order valence-corrected chi connectivity index (χ2v) is 8.51. The van der Waals surface area contributed by atoms with Crippen molar-refractivity contribution < 1.29 is 19.1 Å². The highest BCUT2D eigenvalue weighted by atomic mass is 35.5. The number of nitrogens with zero attached hydrogens (tertiary/aromatic N) is 1. The third kappa shape index (κ3) is 5.74. The van der Waals surface area contributed by atoms with Crippen molar-refractivity contribution in [2.75, 3.05) is 16.8 Å². The number of anilines is 2. The first-order valence-corrected chi connectivity index (χ1v) is 11.4. The lowest BCUT2D eigenvalue weighted by Crippen LogP contribution is -2.54. The Morgan fingerprint density at radius 3 is 2.60 bits per heavy atom. The van der Waals surface area contributed by atoms with Gasteiger partial charge in [-0.25, -0.2) is 0 Å². The predicted octanol–water partition coefficient (Wildman–Crippen LogP) is 4.50. The molecule has 3 aromatic carbocycles. The first kappa shape index (κ1) is 24.1. The molecule has 0 radical (unpaired) electrons. The number of benzene rings is 3. The van der Waals surface area contributed by atoms with Crippen LogP contribution in [0.5, 0.6) is 5.75 Å². The summed E-state index contributed by atoms with van der Waals surface area (Å²) in [7, 11) is 0. The average Bonchev–Trinajstić information content (AvgIpc) is 2.82. The maximum Gasteiger partial charge on any atom is 0.270 e. The summed E-state index contributed by atoms with van der Waals surface area (Å²) in [5.74, 6) is -1.32. The molecule has 4 rings (SSSR count). The molecule has 9 heteroatoms.